The molecule has 0 radical (unpaired) electrons. The quantitative estimate of drug-likeness (QED) is 0.662. The van der Waals surface area contributed by atoms with E-state index in [-0.39, 0.29) is 5.41 Å². The van der Waals surface area contributed by atoms with E-state index in [0.717, 1.165) is 13.1 Å². The number of nitrogens with zero attached hydrogens (tertiary/aromatic N) is 2. The average molecular weight is 382 g/mol. The van der Waals surface area contributed by atoms with Crippen LogP contribution in [0.3, 0.4) is 0 Å². The zero-order valence-electron chi connectivity index (χ0n) is 14.2. The van der Waals surface area contributed by atoms with E-state index in [4.69, 9.17) is 18.6 Å². The molecule has 1 heterocycles. The molecule has 2 nitrogen and oxygen atoms in total. The van der Waals surface area contributed by atoms with Gasteiger partial charge < -0.3 is 0 Å². The summed E-state index contributed by atoms with van der Waals surface area (Å²) in [6, 6.07) is 0. The third-order valence-corrected chi connectivity index (χ3v) is 10.2. The van der Waals surface area contributed by atoms with Gasteiger partial charge in [0.25, 0.3) is 0 Å². The molecule has 2 aliphatic rings. The second-order valence-electron chi connectivity index (χ2n) is 7.60. The van der Waals surface area contributed by atoms with Gasteiger partial charge in [-0.1, -0.05) is 0 Å². The molecule has 0 saturated carbocycles. The molecule has 0 spiro atoms. The van der Waals surface area contributed by atoms with Gasteiger partial charge in [-0.15, -0.1) is 0 Å². The van der Waals surface area contributed by atoms with Crippen molar-refractivity contribution in [2.24, 2.45) is 5.41 Å². The first kappa shape index (κ1) is 17.9. The molecule has 0 amide bonds. The van der Waals surface area contributed by atoms with Crippen LogP contribution in [0.5, 0.6) is 0 Å². The van der Waals surface area contributed by atoms with Gasteiger partial charge in [0.15, 0.2) is 0 Å². The van der Waals surface area contributed by atoms with Gasteiger partial charge in [0.05, 0.1) is 0 Å². The Morgan fingerprint density at radius 3 is 2.05 bits per heavy atom. The molecule has 0 aromatic heterocycles. The normalized spacial score (nSPS) is 23.4. The third kappa shape index (κ3) is 3.14. The molecule has 6 heteroatoms. The number of halogens is 2. The van der Waals surface area contributed by atoms with Crippen molar-refractivity contribution in [3.05, 3.63) is 20.8 Å². The van der Waals surface area contributed by atoms with Crippen LogP contribution in [0.15, 0.2) is 20.8 Å². The fraction of sp³-hybridized carbons (Fsp3) is 0.733. The molecule has 0 aromatic rings. The molecule has 21 heavy (non-hydrogen) atoms. The van der Waals surface area contributed by atoms with Crippen LogP contribution < -0.4 is 0 Å². The minimum atomic E-state index is -2.15. The summed E-state index contributed by atoms with van der Waals surface area (Å²) in [6.45, 7) is 13.9. The number of rotatable bonds is 2. The standard InChI is InChI=1S/C15H27N2Si.2ClH.Ti/c1-15(2,3)11-10-12(18(6)7)14-13(11)16(4)8-9-17(14)5;;;/h12,18H,8-9H2,1-7H3;2*1H;/q;;;+2/p-2. The van der Waals surface area contributed by atoms with Gasteiger partial charge in [0.2, 0.25) is 0 Å². The first-order valence-electron chi connectivity index (χ1n) is 7.67. The first-order valence-corrected chi connectivity index (χ1v) is 15.7. The Hall–Kier alpha value is 0.591. The van der Waals surface area contributed by atoms with Crippen LogP contribution in [-0.4, -0.2) is 45.8 Å². The second kappa shape index (κ2) is 6.24. The molecule has 1 aliphatic carbocycles. The fourth-order valence-corrected chi connectivity index (χ4v) is 12.0. The molecule has 0 bridgehead atoms. The monoisotopic (exact) mass is 381 g/mol. The van der Waals surface area contributed by atoms with E-state index in [1.54, 1.807) is 0 Å². The van der Waals surface area contributed by atoms with Gasteiger partial charge >= 0.3 is 146 Å². The summed E-state index contributed by atoms with van der Waals surface area (Å²) in [6.07, 6.45) is 0. The second-order valence-corrected chi connectivity index (χ2v) is 16.3. The fourth-order valence-electron chi connectivity index (χ4n) is 3.65. The summed E-state index contributed by atoms with van der Waals surface area (Å²) in [7, 11) is 16.8. The number of hydrogen-bond donors (Lipinski definition) is 0. The molecule has 0 saturated heterocycles. The first-order chi connectivity index (χ1) is 9.57. The summed E-state index contributed by atoms with van der Waals surface area (Å²) in [5, 5.41) is 0. The maximum atomic E-state index is 6.62. The molecular weight excluding hydrogens is 355 g/mol. The Bertz CT molecular complexity index is 494. The molecule has 0 N–H and O–H groups in total. The van der Waals surface area contributed by atoms with Crippen LogP contribution in [-0.2, 0) is 15.7 Å². The zero-order chi connectivity index (χ0) is 16.1. The predicted octanol–water partition coefficient (Wildman–Crippen LogP) is 4.17. The summed E-state index contributed by atoms with van der Waals surface area (Å²) in [5.74, 6) is 0. The van der Waals surface area contributed by atoms with Crippen LogP contribution in [0, 0.1) is 5.41 Å². The van der Waals surface area contributed by atoms with Gasteiger partial charge in [-0.05, 0) is 0 Å². The van der Waals surface area contributed by atoms with Gasteiger partial charge in [-0.3, -0.25) is 0 Å². The Morgan fingerprint density at radius 1 is 1.10 bits per heavy atom. The van der Waals surface area contributed by atoms with Crippen LogP contribution in [0.1, 0.15) is 20.8 Å². The average Bonchev–Trinajstić information content (AvgIpc) is 2.70. The topological polar surface area (TPSA) is 6.48 Å². The predicted molar refractivity (Wildman–Crippen MR) is 93.1 cm³/mol. The zero-order valence-corrected chi connectivity index (χ0v) is 18.4. The van der Waals surface area contributed by atoms with E-state index in [2.05, 4.69) is 57.8 Å². The van der Waals surface area contributed by atoms with Crippen molar-refractivity contribution in [3.63, 3.8) is 0 Å². The van der Waals surface area contributed by atoms with Crippen LogP contribution >= 0.6 is 18.6 Å². The van der Waals surface area contributed by atoms with Crippen molar-refractivity contribution in [3.8, 4) is 0 Å². The van der Waals surface area contributed by atoms with E-state index in [1.807, 2.05) is 0 Å². The van der Waals surface area contributed by atoms with E-state index >= 15 is 0 Å². The molecule has 1 unspecified atom stereocenters. The molecule has 119 valence electrons. The third-order valence-electron chi connectivity index (χ3n) is 4.54. The number of allylic oxidation sites excluding steroid dienone is 2. The summed E-state index contributed by atoms with van der Waals surface area (Å²) in [4.78, 5) is 4.89. The van der Waals surface area contributed by atoms with E-state index in [0.29, 0.717) is 5.54 Å². The van der Waals surface area contributed by atoms with Crippen molar-refractivity contribution in [1.82, 2.24) is 9.80 Å². The van der Waals surface area contributed by atoms with Gasteiger partial charge in [0.1, 0.15) is 0 Å². The van der Waals surface area contributed by atoms with Crippen molar-refractivity contribution < 1.29 is 15.7 Å². The summed E-state index contributed by atoms with van der Waals surface area (Å²) >= 11 is -2.15. The Kier molecular flexibility index (Phi) is 5.33. The Balaban J connectivity index is 2.73. The van der Waals surface area contributed by atoms with E-state index < -0.39 is 24.5 Å². The molecule has 0 fully saturated rings. The molecule has 0 aromatic carbocycles. The Morgan fingerprint density at radius 2 is 1.62 bits per heavy atom. The number of likely N-dealkylation sites (N-methyl/N-ethyl adjacent to an activating group) is 2. The molecular formula is C15H27Cl2N2SiTi. The van der Waals surface area contributed by atoms with Crippen LogP contribution in [0.25, 0.3) is 0 Å². The Labute approximate surface area is 145 Å². The summed E-state index contributed by atoms with van der Waals surface area (Å²) < 4.78 is 1.44. The molecule has 1 atom stereocenters. The maximum absolute atomic E-state index is 6.62. The van der Waals surface area contributed by atoms with Crippen molar-refractivity contribution in [2.45, 2.75) is 39.4 Å². The van der Waals surface area contributed by atoms with Gasteiger partial charge in [0, 0.05) is 0 Å². The van der Waals surface area contributed by atoms with Crippen LogP contribution in [0.4, 0.5) is 0 Å². The molecule has 1 aliphatic heterocycles. The van der Waals surface area contributed by atoms with E-state index in [1.165, 1.54) is 20.8 Å². The van der Waals surface area contributed by atoms with Gasteiger partial charge in [-0.25, -0.2) is 0 Å². The summed E-state index contributed by atoms with van der Waals surface area (Å²) in [5.41, 5.74) is 5.03. The van der Waals surface area contributed by atoms with Crippen molar-refractivity contribution in [1.29, 1.82) is 0 Å². The van der Waals surface area contributed by atoms with E-state index in [9.17, 15) is 0 Å². The minimum absolute atomic E-state index is 0.0996. The SMILES string of the molecule is CN1CCN(C)C2=C1C(C(C)(C)C)=[C]([Ti]([Cl])[Cl])C2[SiH](C)C. The van der Waals surface area contributed by atoms with Crippen LogP contribution in [0.2, 0.25) is 18.6 Å². The number of hydrogen-bond acceptors (Lipinski definition) is 2. The molecule has 2 rings (SSSR count). The van der Waals surface area contributed by atoms with Crippen molar-refractivity contribution in [2.75, 3.05) is 27.2 Å². The van der Waals surface area contributed by atoms with Crippen molar-refractivity contribution >= 4 is 27.4 Å². The van der Waals surface area contributed by atoms with Gasteiger partial charge in [-0.2, -0.15) is 0 Å².